The van der Waals surface area contributed by atoms with Crippen molar-refractivity contribution in [1.29, 1.82) is 0 Å². The zero-order valence-corrected chi connectivity index (χ0v) is 18.6. The Morgan fingerprint density at radius 3 is 2.22 bits per heavy atom. The second kappa shape index (κ2) is 11.1. The number of sulfonamides is 1. The molecule has 0 aromatic heterocycles. The van der Waals surface area contributed by atoms with Crippen molar-refractivity contribution in [2.45, 2.75) is 24.5 Å². The van der Waals surface area contributed by atoms with E-state index in [1.807, 2.05) is 30.3 Å². The predicted octanol–water partition coefficient (Wildman–Crippen LogP) is 1.29. The Morgan fingerprint density at radius 2 is 1.59 bits per heavy atom. The summed E-state index contributed by atoms with van der Waals surface area (Å²) in [6.45, 7) is 3.65. The molecule has 0 bridgehead atoms. The molecule has 0 unspecified atom stereocenters. The average Bonchev–Trinajstić information content (AvgIpc) is 2.80. The lowest BCUT2D eigenvalue weighted by molar-refractivity contribution is -0.121. The van der Waals surface area contributed by atoms with E-state index < -0.39 is 10.0 Å². The smallest absolute Gasteiger partial charge is 0.410 e. The summed E-state index contributed by atoms with van der Waals surface area (Å²) in [5.74, 6) is -0.0924. The van der Waals surface area contributed by atoms with E-state index in [1.54, 1.807) is 17.0 Å². The fourth-order valence-corrected chi connectivity index (χ4v) is 3.83. The van der Waals surface area contributed by atoms with E-state index in [2.05, 4.69) is 10.2 Å². The number of carbonyl (C=O) groups is 2. The lowest BCUT2D eigenvalue weighted by atomic mass is 10.2. The molecule has 10 heteroatoms. The molecule has 1 heterocycles. The molecule has 2 aromatic rings. The van der Waals surface area contributed by atoms with Gasteiger partial charge in [-0.1, -0.05) is 42.5 Å². The molecule has 2 aromatic carbocycles. The van der Waals surface area contributed by atoms with Crippen LogP contribution < -0.4 is 10.5 Å². The number of primary sulfonamides is 1. The summed E-state index contributed by atoms with van der Waals surface area (Å²) in [6, 6.07) is 15.6. The van der Waals surface area contributed by atoms with Gasteiger partial charge < -0.3 is 15.0 Å². The zero-order valence-electron chi connectivity index (χ0n) is 17.8. The summed E-state index contributed by atoms with van der Waals surface area (Å²) in [5, 5.41) is 7.90. The number of piperazine rings is 1. The van der Waals surface area contributed by atoms with Crippen molar-refractivity contribution in [3.05, 3.63) is 65.7 Å². The van der Waals surface area contributed by atoms with Crippen molar-refractivity contribution in [1.82, 2.24) is 15.1 Å². The maximum atomic E-state index is 12.2. The van der Waals surface area contributed by atoms with Gasteiger partial charge in [-0.05, 0) is 23.3 Å². The third-order valence-corrected chi connectivity index (χ3v) is 6.16. The molecule has 2 amide bonds. The van der Waals surface area contributed by atoms with Crippen LogP contribution >= 0.6 is 0 Å². The van der Waals surface area contributed by atoms with Crippen molar-refractivity contribution in [2.24, 2.45) is 5.14 Å². The highest BCUT2D eigenvalue weighted by molar-refractivity contribution is 7.89. The molecule has 9 nitrogen and oxygen atoms in total. The molecule has 1 aliphatic heterocycles. The summed E-state index contributed by atoms with van der Waals surface area (Å²) >= 11 is 0. The summed E-state index contributed by atoms with van der Waals surface area (Å²) < 4.78 is 27.9. The van der Waals surface area contributed by atoms with Gasteiger partial charge in [-0.25, -0.2) is 18.4 Å². The van der Waals surface area contributed by atoms with Gasteiger partial charge in [-0.2, -0.15) is 0 Å². The molecule has 0 spiro atoms. The second-order valence-corrected chi connectivity index (χ2v) is 9.15. The first-order chi connectivity index (χ1) is 15.3. The van der Waals surface area contributed by atoms with Crippen LogP contribution in [0.15, 0.2) is 59.5 Å². The van der Waals surface area contributed by atoms with Gasteiger partial charge in [0.15, 0.2) is 0 Å². The van der Waals surface area contributed by atoms with Gasteiger partial charge in [-0.3, -0.25) is 9.69 Å². The van der Waals surface area contributed by atoms with Crippen LogP contribution in [0.2, 0.25) is 0 Å². The molecule has 32 heavy (non-hydrogen) atoms. The molecule has 3 rings (SSSR count). The first-order valence-electron chi connectivity index (χ1n) is 10.4. The number of benzene rings is 2. The molecular weight excluding hydrogens is 432 g/mol. The first kappa shape index (κ1) is 23.7. The number of hydrogen-bond acceptors (Lipinski definition) is 6. The molecule has 0 radical (unpaired) electrons. The Bertz CT molecular complexity index is 1000. The summed E-state index contributed by atoms with van der Waals surface area (Å²) in [6.07, 6.45) is 0.0213. The Labute approximate surface area is 188 Å². The second-order valence-electron chi connectivity index (χ2n) is 7.58. The fraction of sp³-hybridized carbons (Fsp3) is 0.364. The Kier molecular flexibility index (Phi) is 8.20. The number of nitrogens with two attached hydrogens (primary N) is 1. The number of amides is 2. The number of nitrogens with zero attached hydrogens (tertiary/aromatic N) is 2. The quantitative estimate of drug-likeness (QED) is 0.612. The molecule has 0 saturated carbocycles. The van der Waals surface area contributed by atoms with Crippen LogP contribution in [0, 0.1) is 0 Å². The van der Waals surface area contributed by atoms with Gasteiger partial charge in [0.1, 0.15) is 6.61 Å². The maximum absolute atomic E-state index is 12.2. The van der Waals surface area contributed by atoms with Gasteiger partial charge in [0.05, 0.1) is 4.90 Å². The highest BCUT2D eigenvalue weighted by Gasteiger charge is 2.22. The highest BCUT2D eigenvalue weighted by atomic mass is 32.2. The molecular formula is C22H28N4O5S. The van der Waals surface area contributed by atoms with E-state index in [1.165, 1.54) is 12.1 Å². The monoisotopic (exact) mass is 460 g/mol. The number of nitrogens with one attached hydrogen (secondary N) is 1. The summed E-state index contributed by atoms with van der Waals surface area (Å²) in [7, 11) is -3.72. The molecule has 0 atom stereocenters. The molecule has 3 N–H and O–H groups in total. The minimum Gasteiger partial charge on any atom is -0.445 e. The Balaban J connectivity index is 1.32. The zero-order chi connectivity index (χ0) is 23.0. The van der Waals surface area contributed by atoms with Crippen molar-refractivity contribution < 1.29 is 22.7 Å². The number of rotatable bonds is 8. The minimum atomic E-state index is -3.72. The van der Waals surface area contributed by atoms with Crippen LogP contribution in [0.3, 0.4) is 0 Å². The molecule has 1 saturated heterocycles. The lowest BCUT2D eigenvalue weighted by Gasteiger charge is -2.33. The average molecular weight is 461 g/mol. The summed E-state index contributed by atoms with van der Waals surface area (Å²) in [4.78, 5) is 28.2. The van der Waals surface area contributed by atoms with Crippen molar-refractivity contribution in [3.63, 3.8) is 0 Å². The van der Waals surface area contributed by atoms with Gasteiger partial charge in [-0.15, -0.1) is 0 Å². The van der Waals surface area contributed by atoms with Gasteiger partial charge in [0, 0.05) is 45.7 Å². The SMILES string of the molecule is NS(=O)(=O)c1ccc(CNC(=O)CCN2CCN(C(=O)OCc3ccccc3)CC2)cc1. The molecule has 1 fully saturated rings. The standard InChI is InChI=1S/C22H28N4O5S/c23-32(29,30)20-8-6-18(7-9-20)16-24-21(27)10-11-25-12-14-26(15-13-25)22(28)31-17-19-4-2-1-3-5-19/h1-9H,10-17H2,(H,24,27)(H2,23,29,30). The minimum absolute atomic E-state index is 0.0377. The third-order valence-electron chi connectivity index (χ3n) is 5.23. The van der Waals surface area contributed by atoms with E-state index in [0.29, 0.717) is 45.7 Å². The van der Waals surface area contributed by atoms with Crippen LogP contribution in [-0.4, -0.2) is 62.9 Å². The summed E-state index contributed by atoms with van der Waals surface area (Å²) in [5.41, 5.74) is 1.74. The van der Waals surface area contributed by atoms with E-state index in [-0.39, 0.29) is 23.5 Å². The van der Waals surface area contributed by atoms with E-state index in [4.69, 9.17) is 9.88 Å². The largest absolute Gasteiger partial charge is 0.445 e. The van der Waals surface area contributed by atoms with Crippen LogP contribution in [0.25, 0.3) is 0 Å². The van der Waals surface area contributed by atoms with Crippen molar-refractivity contribution in [3.8, 4) is 0 Å². The number of carbonyl (C=O) groups excluding carboxylic acids is 2. The molecule has 1 aliphatic rings. The Morgan fingerprint density at radius 1 is 0.938 bits per heavy atom. The lowest BCUT2D eigenvalue weighted by Crippen LogP contribution is -2.49. The van der Waals surface area contributed by atoms with Gasteiger partial charge >= 0.3 is 6.09 Å². The Hall–Kier alpha value is -2.95. The fourth-order valence-electron chi connectivity index (χ4n) is 3.31. The van der Waals surface area contributed by atoms with Crippen molar-refractivity contribution >= 4 is 22.0 Å². The number of hydrogen-bond donors (Lipinski definition) is 2. The van der Waals surface area contributed by atoms with Crippen LogP contribution in [0.5, 0.6) is 0 Å². The van der Waals surface area contributed by atoms with Gasteiger partial charge in [0.25, 0.3) is 0 Å². The normalized spacial score (nSPS) is 14.7. The number of ether oxygens (including phenoxy) is 1. The van der Waals surface area contributed by atoms with E-state index >= 15 is 0 Å². The molecule has 172 valence electrons. The predicted molar refractivity (Wildman–Crippen MR) is 119 cm³/mol. The van der Waals surface area contributed by atoms with E-state index in [0.717, 1.165) is 11.1 Å². The topological polar surface area (TPSA) is 122 Å². The van der Waals surface area contributed by atoms with Crippen LogP contribution in [-0.2, 0) is 32.7 Å². The third kappa shape index (κ3) is 7.33. The van der Waals surface area contributed by atoms with Crippen LogP contribution in [0.4, 0.5) is 4.79 Å². The van der Waals surface area contributed by atoms with Gasteiger partial charge in [0.2, 0.25) is 15.9 Å². The van der Waals surface area contributed by atoms with Crippen LogP contribution in [0.1, 0.15) is 17.5 Å². The van der Waals surface area contributed by atoms with Crippen molar-refractivity contribution in [2.75, 3.05) is 32.7 Å². The first-order valence-corrected chi connectivity index (χ1v) is 11.9. The maximum Gasteiger partial charge on any atom is 0.410 e. The highest BCUT2D eigenvalue weighted by Crippen LogP contribution is 2.09. The van der Waals surface area contributed by atoms with E-state index in [9.17, 15) is 18.0 Å². The molecule has 0 aliphatic carbocycles.